The van der Waals surface area contributed by atoms with E-state index in [-0.39, 0.29) is 12.2 Å². The van der Waals surface area contributed by atoms with E-state index in [1.165, 1.54) is 12.1 Å². The third-order valence-electron chi connectivity index (χ3n) is 2.92. The predicted octanol–water partition coefficient (Wildman–Crippen LogP) is 3.33. The van der Waals surface area contributed by atoms with Gasteiger partial charge in [-0.2, -0.15) is 5.26 Å². The van der Waals surface area contributed by atoms with Gasteiger partial charge in [0, 0.05) is 0 Å². The van der Waals surface area contributed by atoms with Crippen LogP contribution < -0.4 is 4.74 Å². The van der Waals surface area contributed by atoms with Crippen LogP contribution in [0.15, 0.2) is 42.5 Å². The monoisotopic (exact) mass is 271 g/mol. The molecule has 0 bridgehead atoms. The number of hydrogen-bond acceptors (Lipinski definition) is 3. The summed E-state index contributed by atoms with van der Waals surface area (Å²) in [5.74, 6) is 0.120. The molecule has 0 radical (unpaired) electrons. The lowest BCUT2D eigenvalue weighted by Crippen LogP contribution is -1.98. The summed E-state index contributed by atoms with van der Waals surface area (Å²) in [4.78, 5) is 0. The number of halogens is 1. The lowest BCUT2D eigenvalue weighted by molar-refractivity contribution is 0.199. The van der Waals surface area contributed by atoms with Crippen molar-refractivity contribution in [1.82, 2.24) is 0 Å². The first kappa shape index (κ1) is 14.0. The van der Waals surface area contributed by atoms with Crippen molar-refractivity contribution in [3.05, 3.63) is 65.0 Å². The number of benzene rings is 2. The summed E-state index contributed by atoms with van der Waals surface area (Å²) in [6.07, 6.45) is -0.515. The minimum absolute atomic E-state index is 0.00977. The maximum atomic E-state index is 13.2. The Bertz CT molecular complexity index is 630. The first-order chi connectivity index (χ1) is 9.60. The fourth-order valence-corrected chi connectivity index (χ4v) is 1.76. The average Bonchev–Trinajstić information content (AvgIpc) is 2.46. The van der Waals surface area contributed by atoms with Crippen molar-refractivity contribution in [1.29, 1.82) is 5.26 Å². The fourth-order valence-electron chi connectivity index (χ4n) is 1.76. The molecule has 0 saturated heterocycles. The number of nitrogens with zero attached hydrogens (tertiary/aromatic N) is 1. The van der Waals surface area contributed by atoms with Crippen molar-refractivity contribution >= 4 is 0 Å². The van der Waals surface area contributed by atoms with Gasteiger partial charge in [0.15, 0.2) is 0 Å². The molecule has 2 aromatic carbocycles. The summed E-state index contributed by atoms with van der Waals surface area (Å²) in [5.41, 5.74) is 1.55. The average molecular weight is 271 g/mol. The molecule has 3 nitrogen and oxygen atoms in total. The molecule has 0 unspecified atom stereocenters. The van der Waals surface area contributed by atoms with E-state index in [9.17, 15) is 9.50 Å². The first-order valence-electron chi connectivity index (χ1n) is 6.19. The highest BCUT2D eigenvalue weighted by Crippen LogP contribution is 2.19. The summed E-state index contributed by atoms with van der Waals surface area (Å²) >= 11 is 0. The van der Waals surface area contributed by atoms with Gasteiger partial charge in [-0.25, -0.2) is 4.39 Å². The summed E-state index contributed by atoms with van der Waals surface area (Å²) in [6.45, 7) is 1.95. The second kappa shape index (κ2) is 6.18. The van der Waals surface area contributed by atoms with Gasteiger partial charge in [-0.3, -0.25) is 0 Å². The van der Waals surface area contributed by atoms with Crippen LogP contribution in [0.4, 0.5) is 4.39 Å². The van der Waals surface area contributed by atoms with Crippen molar-refractivity contribution in [2.24, 2.45) is 0 Å². The van der Waals surface area contributed by atoms with Gasteiger partial charge in [-0.15, -0.1) is 0 Å². The molecule has 2 aromatic rings. The van der Waals surface area contributed by atoms with E-state index >= 15 is 0 Å². The molecular weight excluding hydrogens is 257 g/mol. The molecule has 0 aliphatic carbocycles. The molecule has 0 amide bonds. The standard InChI is InChI=1S/C16H14FNO2/c1-11(19)13-3-5-15(6-4-13)20-10-12-2-7-16(17)14(8-12)9-18/h2-8,11,19H,10H2,1H3/t11-/m1/s1. The van der Waals surface area contributed by atoms with E-state index in [0.717, 1.165) is 11.1 Å². The Kier molecular flexibility index (Phi) is 4.34. The Labute approximate surface area is 116 Å². The third kappa shape index (κ3) is 3.34. The van der Waals surface area contributed by atoms with Crippen LogP contribution in [0, 0.1) is 17.1 Å². The van der Waals surface area contributed by atoms with Gasteiger partial charge in [-0.05, 0) is 42.3 Å². The number of aliphatic hydroxyl groups is 1. The molecule has 1 atom stereocenters. The van der Waals surface area contributed by atoms with Crippen LogP contribution >= 0.6 is 0 Å². The second-order valence-corrected chi connectivity index (χ2v) is 4.46. The molecule has 0 aromatic heterocycles. The third-order valence-corrected chi connectivity index (χ3v) is 2.92. The van der Waals surface area contributed by atoms with Gasteiger partial charge in [-0.1, -0.05) is 18.2 Å². The van der Waals surface area contributed by atoms with Gasteiger partial charge in [0.2, 0.25) is 0 Å². The van der Waals surface area contributed by atoms with Crippen LogP contribution in [0.25, 0.3) is 0 Å². The van der Waals surface area contributed by atoms with E-state index in [1.54, 1.807) is 43.3 Å². The molecule has 1 N–H and O–H groups in total. The van der Waals surface area contributed by atoms with Crippen molar-refractivity contribution in [3.8, 4) is 11.8 Å². The van der Waals surface area contributed by atoms with Crippen molar-refractivity contribution in [2.75, 3.05) is 0 Å². The second-order valence-electron chi connectivity index (χ2n) is 4.46. The molecule has 0 aliphatic rings. The SMILES string of the molecule is C[C@@H](O)c1ccc(OCc2ccc(F)c(C#N)c2)cc1. The highest BCUT2D eigenvalue weighted by Gasteiger charge is 2.04. The van der Waals surface area contributed by atoms with Gasteiger partial charge in [0.25, 0.3) is 0 Å². The molecule has 0 heterocycles. The summed E-state index contributed by atoms with van der Waals surface area (Å²) in [5, 5.41) is 18.2. The van der Waals surface area contributed by atoms with Crippen molar-refractivity contribution in [3.63, 3.8) is 0 Å². The van der Waals surface area contributed by atoms with Crippen molar-refractivity contribution < 1.29 is 14.2 Å². The molecule has 20 heavy (non-hydrogen) atoms. The molecule has 102 valence electrons. The highest BCUT2D eigenvalue weighted by atomic mass is 19.1. The number of aliphatic hydroxyl groups excluding tert-OH is 1. The van der Waals surface area contributed by atoms with Gasteiger partial charge in [0.05, 0.1) is 11.7 Å². The Balaban J connectivity index is 2.03. The normalized spacial score (nSPS) is 11.7. The zero-order valence-electron chi connectivity index (χ0n) is 11.0. The lowest BCUT2D eigenvalue weighted by atomic mass is 10.1. The Morgan fingerprint density at radius 2 is 1.95 bits per heavy atom. The van der Waals surface area contributed by atoms with Gasteiger partial charge in [0.1, 0.15) is 24.2 Å². The lowest BCUT2D eigenvalue weighted by Gasteiger charge is -2.09. The first-order valence-corrected chi connectivity index (χ1v) is 6.19. The molecule has 0 spiro atoms. The summed E-state index contributed by atoms with van der Waals surface area (Å²) in [7, 11) is 0. The number of hydrogen-bond donors (Lipinski definition) is 1. The summed E-state index contributed by atoms with van der Waals surface area (Å²) < 4.78 is 18.7. The van der Waals surface area contributed by atoms with Crippen LogP contribution in [-0.4, -0.2) is 5.11 Å². The van der Waals surface area contributed by atoms with E-state index in [2.05, 4.69) is 0 Å². The molecule has 0 saturated carbocycles. The van der Waals surface area contributed by atoms with Crippen LogP contribution in [0.1, 0.15) is 29.7 Å². The highest BCUT2D eigenvalue weighted by molar-refractivity contribution is 5.34. The van der Waals surface area contributed by atoms with E-state index < -0.39 is 11.9 Å². The van der Waals surface area contributed by atoms with Gasteiger partial charge >= 0.3 is 0 Å². The van der Waals surface area contributed by atoms with Crippen LogP contribution in [0.3, 0.4) is 0 Å². The molecule has 0 fully saturated rings. The minimum Gasteiger partial charge on any atom is -0.489 e. The number of nitriles is 1. The quantitative estimate of drug-likeness (QED) is 0.928. The molecule has 2 rings (SSSR count). The van der Waals surface area contributed by atoms with Crippen LogP contribution in [0.2, 0.25) is 0 Å². The maximum absolute atomic E-state index is 13.2. The summed E-state index contributed by atoms with van der Waals surface area (Å²) in [6, 6.07) is 13.2. The smallest absolute Gasteiger partial charge is 0.140 e. The Morgan fingerprint density at radius 1 is 1.25 bits per heavy atom. The zero-order chi connectivity index (χ0) is 14.5. The van der Waals surface area contributed by atoms with Crippen LogP contribution in [0.5, 0.6) is 5.75 Å². The zero-order valence-corrected chi connectivity index (χ0v) is 11.0. The fraction of sp³-hybridized carbons (Fsp3) is 0.188. The van der Waals surface area contributed by atoms with E-state index in [1.807, 2.05) is 0 Å². The Hall–Kier alpha value is -2.38. The number of rotatable bonds is 4. The molecule has 0 aliphatic heterocycles. The Morgan fingerprint density at radius 3 is 2.55 bits per heavy atom. The molecule has 4 heteroatoms. The number of ether oxygens (including phenoxy) is 1. The van der Waals surface area contributed by atoms with Crippen LogP contribution in [-0.2, 0) is 6.61 Å². The minimum atomic E-state index is -0.530. The van der Waals surface area contributed by atoms with Gasteiger partial charge < -0.3 is 9.84 Å². The topological polar surface area (TPSA) is 53.2 Å². The predicted molar refractivity (Wildman–Crippen MR) is 72.5 cm³/mol. The van der Waals surface area contributed by atoms with Crippen molar-refractivity contribution in [2.45, 2.75) is 19.6 Å². The maximum Gasteiger partial charge on any atom is 0.140 e. The van der Waals surface area contributed by atoms with E-state index in [0.29, 0.717) is 5.75 Å². The molecular formula is C16H14FNO2. The van der Waals surface area contributed by atoms with E-state index in [4.69, 9.17) is 10.00 Å². The largest absolute Gasteiger partial charge is 0.489 e.